The zero-order chi connectivity index (χ0) is 19.8. The molecule has 0 radical (unpaired) electrons. The molecule has 8 heteroatoms. The summed E-state index contributed by atoms with van der Waals surface area (Å²) in [6.45, 7) is 11.3. The summed E-state index contributed by atoms with van der Waals surface area (Å²) in [6.07, 6.45) is 2.58. The van der Waals surface area contributed by atoms with Crippen molar-refractivity contribution in [2.75, 3.05) is 56.5 Å². The van der Waals surface area contributed by atoms with E-state index in [1.807, 2.05) is 23.9 Å². The average molecular weight is 536 g/mol. The molecule has 5 nitrogen and oxygen atoms in total. The van der Waals surface area contributed by atoms with Gasteiger partial charge in [-0.25, -0.2) is 9.38 Å². The maximum Gasteiger partial charge on any atom is 0.191 e. The molecule has 0 bridgehead atoms. The number of likely N-dealkylation sites (N-methyl/N-ethyl adjacent to an activating group) is 1. The Balaban J connectivity index is 0.00000300. The number of nitrogens with zero attached hydrogens (tertiary/aromatic N) is 3. The second-order valence-corrected chi connectivity index (χ2v) is 8.83. The van der Waals surface area contributed by atoms with E-state index in [2.05, 4.69) is 39.3 Å². The van der Waals surface area contributed by atoms with Crippen molar-refractivity contribution in [3.8, 4) is 0 Å². The minimum Gasteiger partial charge on any atom is -0.367 e. The molecule has 3 rings (SSSR count). The topological polar surface area (TPSA) is 42.9 Å². The molecule has 1 aromatic rings. The van der Waals surface area contributed by atoms with Crippen LogP contribution in [0.15, 0.2) is 23.2 Å². The lowest BCUT2D eigenvalue weighted by molar-refractivity contribution is 0.270. The predicted molar refractivity (Wildman–Crippen MR) is 134 cm³/mol. The standard InChI is InChI=1S/C21H34FN5S.HI/c1-3-23-21(25-16-18-6-5-13-28-18)24-15-17-7-8-20(19(22)14-17)27-11-9-26(4-2)10-12-27;/h7-8,14,18H,3-6,9-13,15-16H2,1-2H3,(H2,23,24,25);1H. The highest BCUT2D eigenvalue weighted by Gasteiger charge is 2.19. The summed E-state index contributed by atoms with van der Waals surface area (Å²) in [4.78, 5) is 9.20. The first-order chi connectivity index (χ1) is 13.7. The Bertz CT molecular complexity index is 646. The van der Waals surface area contributed by atoms with Crippen LogP contribution < -0.4 is 15.5 Å². The number of anilines is 1. The number of thioether (sulfide) groups is 1. The number of benzene rings is 1. The van der Waals surface area contributed by atoms with Crippen LogP contribution in [0.5, 0.6) is 0 Å². The summed E-state index contributed by atoms with van der Waals surface area (Å²) < 4.78 is 14.7. The highest BCUT2D eigenvalue weighted by Crippen LogP contribution is 2.25. The summed E-state index contributed by atoms with van der Waals surface area (Å²) in [6, 6.07) is 5.56. The number of guanidine groups is 1. The van der Waals surface area contributed by atoms with Gasteiger partial charge in [0.05, 0.1) is 12.2 Å². The average Bonchev–Trinajstić information content (AvgIpc) is 3.24. The fourth-order valence-electron chi connectivity index (χ4n) is 3.74. The molecule has 1 aromatic carbocycles. The van der Waals surface area contributed by atoms with Gasteiger partial charge in [-0.15, -0.1) is 24.0 Å². The molecule has 2 N–H and O–H groups in total. The third-order valence-electron chi connectivity index (χ3n) is 5.46. The first-order valence-electron chi connectivity index (χ1n) is 10.6. The van der Waals surface area contributed by atoms with Crippen LogP contribution in [-0.4, -0.2) is 67.7 Å². The Labute approximate surface area is 196 Å². The van der Waals surface area contributed by atoms with Crippen LogP contribution in [-0.2, 0) is 6.54 Å². The largest absolute Gasteiger partial charge is 0.367 e. The number of hydrogen-bond acceptors (Lipinski definition) is 4. The van der Waals surface area contributed by atoms with E-state index in [9.17, 15) is 4.39 Å². The van der Waals surface area contributed by atoms with E-state index >= 15 is 0 Å². The van der Waals surface area contributed by atoms with Gasteiger partial charge in [0.25, 0.3) is 0 Å². The molecule has 0 amide bonds. The summed E-state index contributed by atoms with van der Waals surface area (Å²) >= 11 is 2.03. The second-order valence-electron chi connectivity index (χ2n) is 7.42. The van der Waals surface area contributed by atoms with E-state index in [4.69, 9.17) is 0 Å². The highest BCUT2D eigenvalue weighted by molar-refractivity contribution is 14.0. The lowest BCUT2D eigenvalue weighted by Crippen LogP contribution is -2.46. The monoisotopic (exact) mass is 535 g/mol. The van der Waals surface area contributed by atoms with E-state index in [0.717, 1.165) is 57.3 Å². The van der Waals surface area contributed by atoms with Crippen molar-refractivity contribution < 1.29 is 4.39 Å². The Hall–Kier alpha value is -0.740. The molecular formula is C21H35FIN5S. The molecular weight excluding hydrogens is 500 g/mol. The number of aliphatic imine (C=N–C) groups is 1. The van der Waals surface area contributed by atoms with E-state index < -0.39 is 0 Å². The quantitative estimate of drug-likeness (QED) is 0.318. The Morgan fingerprint density at radius 1 is 1.21 bits per heavy atom. The van der Waals surface area contributed by atoms with Crippen molar-refractivity contribution in [1.82, 2.24) is 15.5 Å². The Kier molecular flexibility index (Phi) is 10.9. The maximum absolute atomic E-state index is 14.7. The van der Waals surface area contributed by atoms with Crippen LogP contribution in [0.4, 0.5) is 10.1 Å². The van der Waals surface area contributed by atoms with Gasteiger partial charge < -0.3 is 20.4 Å². The van der Waals surface area contributed by atoms with Gasteiger partial charge in [0.2, 0.25) is 0 Å². The van der Waals surface area contributed by atoms with Gasteiger partial charge >= 0.3 is 0 Å². The zero-order valence-corrected chi connectivity index (χ0v) is 20.8. The van der Waals surface area contributed by atoms with Crippen molar-refractivity contribution in [2.45, 2.75) is 38.5 Å². The lowest BCUT2D eigenvalue weighted by atomic mass is 10.1. The smallest absolute Gasteiger partial charge is 0.191 e. The van der Waals surface area contributed by atoms with Gasteiger partial charge in [0.15, 0.2) is 5.96 Å². The maximum atomic E-state index is 14.7. The molecule has 1 unspecified atom stereocenters. The fourth-order valence-corrected chi connectivity index (χ4v) is 4.94. The summed E-state index contributed by atoms with van der Waals surface area (Å²) in [5, 5.41) is 7.39. The number of piperazine rings is 1. The zero-order valence-electron chi connectivity index (χ0n) is 17.6. The van der Waals surface area contributed by atoms with Crippen molar-refractivity contribution in [2.24, 2.45) is 4.99 Å². The van der Waals surface area contributed by atoms with Crippen LogP contribution in [0, 0.1) is 5.82 Å². The first kappa shape index (κ1) is 24.5. The van der Waals surface area contributed by atoms with E-state index in [1.54, 1.807) is 6.07 Å². The summed E-state index contributed by atoms with van der Waals surface area (Å²) in [5.41, 5.74) is 1.62. The molecule has 164 valence electrons. The van der Waals surface area contributed by atoms with Crippen LogP contribution in [0.1, 0.15) is 32.3 Å². The fraction of sp³-hybridized carbons (Fsp3) is 0.667. The number of nitrogens with one attached hydrogen (secondary N) is 2. The third kappa shape index (κ3) is 7.47. The van der Waals surface area contributed by atoms with Gasteiger partial charge in [0, 0.05) is 44.5 Å². The predicted octanol–water partition coefficient (Wildman–Crippen LogP) is 3.54. The summed E-state index contributed by atoms with van der Waals surface area (Å²) in [7, 11) is 0. The van der Waals surface area contributed by atoms with Crippen molar-refractivity contribution in [1.29, 1.82) is 0 Å². The minimum atomic E-state index is -0.141. The summed E-state index contributed by atoms with van der Waals surface area (Å²) in [5.74, 6) is 1.94. The van der Waals surface area contributed by atoms with Crippen LogP contribution >= 0.6 is 35.7 Å². The number of halogens is 2. The molecule has 0 aliphatic carbocycles. The molecule has 2 heterocycles. The molecule has 2 aliphatic rings. The molecule has 2 aliphatic heterocycles. The van der Waals surface area contributed by atoms with Crippen LogP contribution in [0.3, 0.4) is 0 Å². The van der Waals surface area contributed by atoms with E-state index in [1.165, 1.54) is 18.6 Å². The van der Waals surface area contributed by atoms with Gasteiger partial charge in [-0.1, -0.05) is 13.0 Å². The van der Waals surface area contributed by atoms with Crippen molar-refractivity contribution in [3.63, 3.8) is 0 Å². The Morgan fingerprint density at radius 2 is 2.00 bits per heavy atom. The van der Waals surface area contributed by atoms with Crippen molar-refractivity contribution in [3.05, 3.63) is 29.6 Å². The molecule has 0 saturated carbocycles. The van der Waals surface area contributed by atoms with Gasteiger partial charge in [-0.3, -0.25) is 0 Å². The Morgan fingerprint density at radius 3 is 2.62 bits per heavy atom. The van der Waals surface area contributed by atoms with Crippen LogP contribution in [0.25, 0.3) is 0 Å². The highest BCUT2D eigenvalue weighted by atomic mass is 127. The first-order valence-corrected chi connectivity index (χ1v) is 11.6. The molecule has 2 saturated heterocycles. The van der Waals surface area contributed by atoms with Gasteiger partial charge in [-0.05, 0) is 49.8 Å². The third-order valence-corrected chi connectivity index (χ3v) is 6.86. The van der Waals surface area contributed by atoms with Crippen LogP contribution in [0.2, 0.25) is 0 Å². The number of rotatable bonds is 7. The van der Waals surface area contributed by atoms with Gasteiger partial charge in [-0.2, -0.15) is 11.8 Å². The van der Waals surface area contributed by atoms with E-state index in [0.29, 0.717) is 17.5 Å². The molecule has 0 spiro atoms. The molecule has 1 atom stereocenters. The number of hydrogen-bond donors (Lipinski definition) is 2. The van der Waals surface area contributed by atoms with E-state index in [-0.39, 0.29) is 29.8 Å². The minimum absolute atomic E-state index is 0. The van der Waals surface area contributed by atoms with Crippen molar-refractivity contribution >= 4 is 47.4 Å². The lowest BCUT2D eigenvalue weighted by Gasteiger charge is -2.35. The SMILES string of the molecule is CCNC(=NCc1ccc(N2CCN(CC)CC2)c(F)c1)NCC1CCCS1.I. The molecule has 0 aromatic heterocycles. The van der Waals surface area contributed by atoms with Gasteiger partial charge in [0.1, 0.15) is 5.82 Å². The molecule has 29 heavy (non-hydrogen) atoms. The second kappa shape index (κ2) is 12.8. The normalized spacial score (nSPS) is 20.4. The molecule has 2 fully saturated rings.